The van der Waals surface area contributed by atoms with E-state index in [1.54, 1.807) is 0 Å². The molecule has 0 saturated carbocycles. The molecule has 3 heterocycles. The molecule has 3 aliphatic heterocycles. The number of carbonyl (C=O) groups is 2. The number of rotatable bonds is 7. The van der Waals surface area contributed by atoms with E-state index in [9.17, 15) is 9.59 Å². The zero-order valence-electron chi connectivity index (χ0n) is 19.8. The Morgan fingerprint density at radius 3 is 2.33 bits per heavy atom. The van der Waals surface area contributed by atoms with E-state index in [0.29, 0.717) is 52.2 Å². The Labute approximate surface area is 198 Å². The third-order valence-electron chi connectivity index (χ3n) is 7.19. The van der Waals surface area contributed by atoms with Crippen LogP contribution in [0.3, 0.4) is 0 Å². The normalized spacial score (nSPS) is 24.8. The number of benzene rings is 1. The first-order valence-corrected chi connectivity index (χ1v) is 12.8. The summed E-state index contributed by atoms with van der Waals surface area (Å²) in [6.45, 7) is 6.83. The van der Waals surface area contributed by atoms with Gasteiger partial charge in [0.05, 0.1) is 13.2 Å². The Morgan fingerprint density at radius 2 is 1.61 bits per heavy atom. The Bertz CT molecular complexity index is 745. The van der Waals surface area contributed by atoms with E-state index in [4.69, 9.17) is 9.47 Å². The number of hydrogen-bond donors (Lipinski definition) is 0. The van der Waals surface area contributed by atoms with E-state index in [1.165, 1.54) is 25.7 Å². The first kappa shape index (κ1) is 24.0. The van der Waals surface area contributed by atoms with Gasteiger partial charge in [-0.3, -0.25) is 9.59 Å². The van der Waals surface area contributed by atoms with Crippen molar-refractivity contribution in [3.63, 3.8) is 0 Å². The molecule has 0 aromatic heterocycles. The highest BCUT2D eigenvalue weighted by Gasteiger charge is 2.35. The summed E-state index contributed by atoms with van der Waals surface area (Å²) < 4.78 is 11.7. The lowest BCUT2D eigenvalue weighted by molar-refractivity contribution is -0.141. The monoisotopic (exact) mass is 457 g/mol. The van der Waals surface area contributed by atoms with Crippen LogP contribution < -0.4 is 4.74 Å². The molecule has 7 heteroatoms. The molecular weight excluding hydrogens is 418 g/mol. The summed E-state index contributed by atoms with van der Waals surface area (Å²) in [7, 11) is 0. The summed E-state index contributed by atoms with van der Waals surface area (Å²) in [5.41, 5.74) is 0. The maximum atomic E-state index is 13.1. The van der Waals surface area contributed by atoms with Crippen molar-refractivity contribution in [3.8, 4) is 5.75 Å². The second-order valence-electron chi connectivity index (χ2n) is 9.56. The smallest absolute Gasteiger partial charge is 0.223 e. The minimum absolute atomic E-state index is 0.00330. The van der Waals surface area contributed by atoms with Gasteiger partial charge in [-0.15, -0.1) is 0 Å². The van der Waals surface area contributed by atoms with E-state index >= 15 is 0 Å². The van der Waals surface area contributed by atoms with Crippen molar-refractivity contribution in [1.29, 1.82) is 0 Å². The largest absolute Gasteiger partial charge is 0.490 e. The van der Waals surface area contributed by atoms with Crippen molar-refractivity contribution in [2.24, 2.45) is 5.92 Å². The van der Waals surface area contributed by atoms with Gasteiger partial charge in [-0.25, -0.2) is 0 Å². The van der Waals surface area contributed by atoms with E-state index in [0.717, 1.165) is 31.8 Å². The maximum Gasteiger partial charge on any atom is 0.223 e. The van der Waals surface area contributed by atoms with Crippen LogP contribution in [0.2, 0.25) is 0 Å². The van der Waals surface area contributed by atoms with Crippen LogP contribution in [0.15, 0.2) is 30.3 Å². The standard InChI is InChI=1S/C26H39N3O4/c30-25(11-14-27-12-6-1-2-7-13-27)29-15-10-24(33-23-8-4-3-5-9-23)22(21-29)20-26(31)28-16-18-32-19-17-28/h3-5,8-9,22,24H,1-2,6-7,10-21H2/t22-,24-/m0/s1. The first-order chi connectivity index (χ1) is 16.2. The Hall–Kier alpha value is -2.12. The van der Waals surface area contributed by atoms with E-state index < -0.39 is 0 Å². The van der Waals surface area contributed by atoms with Crippen molar-refractivity contribution < 1.29 is 19.1 Å². The second kappa shape index (κ2) is 12.4. The highest BCUT2D eigenvalue weighted by molar-refractivity contribution is 5.78. The third-order valence-corrected chi connectivity index (χ3v) is 7.19. The van der Waals surface area contributed by atoms with Gasteiger partial charge in [0.2, 0.25) is 11.8 Å². The number of nitrogens with zero attached hydrogens (tertiary/aromatic N) is 3. The molecule has 2 atom stereocenters. The number of ether oxygens (including phenoxy) is 2. The first-order valence-electron chi connectivity index (χ1n) is 12.8. The van der Waals surface area contributed by atoms with Crippen molar-refractivity contribution in [3.05, 3.63) is 30.3 Å². The predicted octanol–water partition coefficient (Wildman–Crippen LogP) is 2.80. The average molecular weight is 458 g/mol. The van der Waals surface area contributed by atoms with Crippen molar-refractivity contribution in [2.75, 3.05) is 59.0 Å². The molecule has 7 nitrogen and oxygen atoms in total. The molecule has 0 aliphatic carbocycles. The summed E-state index contributed by atoms with van der Waals surface area (Å²) >= 11 is 0. The van der Waals surface area contributed by atoms with Gasteiger partial charge in [0.1, 0.15) is 11.9 Å². The zero-order valence-corrected chi connectivity index (χ0v) is 19.8. The van der Waals surface area contributed by atoms with Crippen LogP contribution in [0.25, 0.3) is 0 Å². The van der Waals surface area contributed by atoms with Gasteiger partial charge < -0.3 is 24.2 Å². The minimum atomic E-state index is -0.0629. The SMILES string of the molecule is O=C(C[C@H]1CN(C(=O)CCN2CCCCCC2)CC[C@@H]1Oc1ccccc1)N1CCOCC1. The molecule has 3 aliphatic rings. The molecule has 0 spiro atoms. The molecule has 3 saturated heterocycles. The van der Waals surface area contributed by atoms with Crippen LogP contribution in [-0.2, 0) is 14.3 Å². The maximum absolute atomic E-state index is 13.1. The van der Waals surface area contributed by atoms with Crippen molar-refractivity contribution in [2.45, 2.75) is 51.0 Å². The fraction of sp³-hybridized carbons (Fsp3) is 0.692. The van der Waals surface area contributed by atoms with Crippen LogP contribution >= 0.6 is 0 Å². The second-order valence-corrected chi connectivity index (χ2v) is 9.56. The number of morpholine rings is 1. The minimum Gasteiger partial charge on any atom is -0.490 e. The summed E-state index contributed by atoms with van der Waals surface area (Å²) in [5, 5.41) is 0. The molecular formula is C26H39N3O4. The Balaban J connectivity index is 1.35. The van der Waals surface area contributed by atoms with Crippen LogP contribution in [0.4, 0.5) is 0 Å². The van der Waals surface area contributed by atoms with Gasteiger partial charge >= 0.3 is 0 Å². The van der Waals surface area contributed by atoms with Gasteiger partial charge in [-0.1, -0.05) is 31.0 Å². The lowest BCUT2D eigenvalue weighted by Gasteiger charge is -2.39. The molecule has 3 fully saturated rings. The molecule has 0 N–H and O–H groups in total. The number of hydrogen-bond acceptors (Lipinski definition) is 5. The van der Waals surface area contributed by atoms with Crippen LogP contribution in [-0.4, -0.2) is 91.6 Å². The third kappa shape index (κ3) is 7.18. The molecule has 1 aromatic rings. The molecule has 0 unspecified atom stereocenters. The highest BCUT2D eigenvalue weighted by atomic mass is 16.5. The average Bonchev–Trinajstić information content (AvgIpc) is 3.14. The quantitative estimate of drug-likeness (QED) is 0.630. The van der Waals surface area contributed by atoms with Gasteiger partial charge in [-0.2, -0.15) is 0 Å². The van der Waals surface area contributed by atoms with E-state index in [1.807, 2.05) is 40.1 Å². The van der Waals surface area contributed by atoms with Gasteiger partial charge in [-0.05, 0) is 38.1 Å². The van der Waals surface area contributed by atoms with Crippen LogP contribution in [0.1, 0.15) is 44.9 Å². The van der Waals surface area contributed by atoms with Crippen LogP contribution in [0.5, 0.6) is 5.75 Å². The van der Waals surface area contributed by atoms with E-state index in [-0.39, 0.29) is 23.8 Å². The Morgan fingerprint density at radius 1 is 0.879 bits per heavy atom. The van der Waals surface area contributed by atoms with Gasteiger partial charge in [0, 0.05) is 57.9 Å². The zero-order chi connectivity index (χ0) is 22.9. The van der Waals surface area contributed by atoms with Crippen molar-refractivity contribution >= 4 is 11.8 Å². The predicted molar refractivity (Wildman–Crippen MR) is 127 cm³/mol. The summed E-state index contributed by atoms with van der Waals surface area (Å²) in [6, 6.07) is 9.81. The van der Waals surface area contributed by atoms with Gasteiger partial charge in [0.25, 0.3) is 0 Å². The highest BCUT2D eigenvalue weighted by Crippen LogP contribution is 2.27. The van der Waals surface area contributed by atoms with Crippen LogP contribution in [0, 0.1) is 5.92 Å². The number of amides is 2. The Kier molecular flexibility index (Phi) is 9.01. The molecule has 4 rings (SSSR count). The molecule has 0 radical (unpaired) electrons. The number of piperidine rings is 1. The summed E-state index contributed by atoms with van der Waals surface area (Å²) in [4.78, 5) is 32.4. The van der Waals surface area contributed by atoms with Crippen molar-refractivity contribution in [1.82, 2.24) is 14.7 Å². The van der Waals surface area contributed by atoms with E-state index in [2.05, 4.69) is 4.90 Å². The molecule has 33 heavy (non-hydrogen) atoms. The summed E-state index contributed by atoms with van der Waals surface area (Å²) in [5.74, 6) is 1.17. The fourth-order valence-corrected chi connectivity index (χ4v) is 5.20. The van der Waals surface area contributed by atoms with Gasteiger partial charge in [0.15, 0.2) is 0 Å². The lowest BCUT2D eigenvalue weighted by atomic mass is 9.90. The fourth-order valence-electron chi connectivity index (χ4n) is 5.20. The topological polar surface area (TPSA) is 62.3 Å². The summed E-state index contributed by atoms with van der Waals surface area (Å²) in [6.07, 6.45) is 6.75. The lowest BCUT2D eigenvalue weighted by Crippen LogP contribution is -2.50. The number of para-hydroxylation sites is 1. The molecule has 182 valence electrons. The number of carbonyl (C=O) groups excluding carboxylic acids is 2. The molecule has 1 aromatic carbocycles. The number of likely N-dealkylation sites (tertiary alicyclic amines) is 2. The molecule has 0 bridgehead atoms. The molecule has 2 amide bonds.